The molecule has 0 amide bonds. The van der Waals surface area contributed by atoms with E-state index in [9.17, 15) is 0 Å². The first kappa shape index (κ1) is 14.3. The Bertz CT molecular complexity index is 766. The second kappa shape index (κ2) is 5.30. The molecule has 3 rings (SSSR count). The van der Waals surface area contributed by atoms with E-state index in [2.05, 4.69) is 66.0 Å². The first-order chi connectivity index (χ1) is 9.91. The van der Waals surface area contributed by atoms with Gasteiger partial charge in [-0.15, -0.1) is 0 Å². The molecule has 0 saturated carbocycles. The number of rotatable bonds is 2. The van der Waals surface area contributed by atoms with Gasteiger partial charge in [0.25, 0.3) is 0 Å². The van der Waals surface area contributed by atoms with Crippen molar-refractivity contribution in [2.75, 3.05) is 0 Å². The van der Waals surface area contributed by atoms with Gasteiger partial charge < -0.3 is 4.42 Å². The zero-order valence-corrected chi connectivity index (χ0v) is 14.1. The lowest BCUT2D eigenvalue weighted by atomic mass is 9.87. The summed E-state index contributed by atoms with van der Waals surface area (Å²) >= 11 is 3.45. The molecular weight excluding hydrogens is 326 g/mol. The maximum absolute atomic E-state index is 5.85. The largest absolute Gasteiger partial charge is 0.440 e. The van der Waals surface area contributed by atoms with Crippen molar-refractivity contribution in [2.45, 2.75) is 32.6 Å². The molecule has 0 fully saturated rings. The third-order valence-electron chi connectivity index (χ3n) is 3.57. The Balaban J connectivity index is 1.92. The summed E-state index contributed by atoms with van der Waals surface area (Å²) in [4.78, 5) is 4.63. The first-order valence-corrected chi connectivity index (χ1v) is 7.85. The van der Waals surface area contributed by atoms with Crippen molar-refractivity contribution in [1.29, 1.82) is 0 Å². The fraction of sp³-hybridized carbons (Fsp3) is 0.278. The van der Waals surface area contributed by atoms with Crippen LogP contribution in [0.1, 0.15) is 37.8 Å². The van der Waals surface area contributed by atoms with E-state index in [4.69, 9.17) is 4.42 Å². The smallest absolute Gasteiger partial charge is 0.199 e. The quantitative estimate of drug-likeness (QED) is 0.615. The highest BCUT2D eigenvalue weighted by Crippen LogP contribution is 2.27. The molecule has 2 nitrogen and oxygen atoms in total. The number of hydrogen-bond donors (Lipinski definition) is 0. The minimum Gasteiger partial charge on any atom is -0.440 e. The summed E-state index contributed by atoms with van der Waals surface area (Å²) in [5, 5.41) is 0. The van der Waals surface area contributed by atoms with Gasteiger partial charge in [0.05, 0.1) is 0 Å². The van der Waals surface area contributed by atoms with Gasteiger partial charge in [-0.1, -0.05) is 54.9 Å². The molecule has 0 aliphatic rings. The third-order valence-corrected chi connectivity index (χ3v) is 4.10. The minimum atomic E-state index is 0.124. The highest BCUT2D eigenvalue weighted by atomic mass is 79.9. The van der Waals surface area contributed by atoms with E-state index in [0.717, 1.165) is 21.5 Å². The van der Waals surface area contributed by atoms with Crippen LogP contribution in [-0.4, -0.2) is 4.98 Å². The van der Waals surface area contributed by atoms with E-state index in [1.165, 1.54) is 11.1 Å². The molecule has 1 aromatic heterocycles. The number of hydrogen-bond acceptors (Lipinski definition) is 2. The van der Waals surface area contributed by atoms with Gasteiger partial charge in [0.1, 0.15) is 5.52 Å². The van der Waals surface area contributed by atoms with Crippen LogP contribution in [0.15, 0.2) is 51.4 Å². The van der Waals surface area contributed by atoms with E-state index in [1.54, 1.807) is 0 Å². The van der Waals surface area contributed by atoms with Crippen molar-refractivity contribution >= 4 is 27.0 Å². The van der Waals surface area contributed by atoms with Crippen LogP contribution in [0.25, 0.3) is 11.1 Å². The van der Waals surface area contributed by atoms with Crippen LogP contribution in [0.4, 0.5) is 0 Å². The SMILES string of the molecule is CC(C)(C)c1ccc2oc(Cc3ccc(Br)cc3)nc2c1. The monoisotopic (exact) mass is 343 g/mol. The highest BCUT2D eigenvalue weighted by Gasteiger charge is 2.15. The fourth-order valence-electron chi connectivity index (χ4n) is 2.29. The summed E-state index contributed by atoms with van der Waals surface area (Å²) in [5.41, 5.74) is 4.39. The summed E-state index contributed by atoms with van der Waals surface area (Å²) in [6.45, 7) is 6.62. The minimum absolute atomic E-state index is 0.124. The average Bonchev–Trinajstić information content (AvgIpc) is 2.81. The normalized spacial score (nSPS) is 12.0. The van der Waals surface area contributed by atoms with E-state index >= 15 is 0 Å². The Morgan fingerprint density at radius 1 is 1.05 bits per heavy atom. The first-order valence-electron chi connectivity index (χ1n) is 7.06. The molecular formula is C18H18BrNO. The number of oxazole rings is 1. The molecule has 3 aromatic rings. The second-order valence-electron chi connectivity index (χ2n) is 6.34. The number of benzene rings is 2. The molecule has 0 N–H and O–H groups in total. The fourth-order valence-corrected chi connectivity index (χ4v) is 2.56. The summed E-state index contributed by atoms with van der Waals surface area (Å²) in [6.07, 6.45) is 0.715. The predicted octanol–water partition coefficient (Wildman–Crippen LogP) is 5.48. The summed E-state index contributed by atoms with van der Waals surface area (Å²) < 4.78 is 6.93. The molecule has 0 bridgehead atoms. The Kier molecular flexibility index (Phi) is 3.62. The predicted molar refractivity (Wildman–Crippen MR) is 89.7 cm³/mol. The molecule has 3 heteroatoms. The van der Waals surface area contributed by atoms with Crippen molar-refractivity contribution in [2.24, 2.45) is 0 Å². The lowest BCUT2D eigenvalue weighted by Gasteiger charge is -2.18. The highest BCUT2D eigenvalue weighted by molar-refractivity contribution is 9.10. The molecule has 21 heavy (non-hydrogen) atoms. The molecule has 2 aromatic carbocycles. The average molecular weight is 344 g/mol. The van der Waals surface area contributed by atoms with Gasteiger partial charge in [0, 0.05) is 10.9 Å². The van der Waals surface area contributed by atoms with Crippen molar-refractivity contribution in [3.05, 3.63) is 64.0 Å². The van der Waals surface area contributed by atoms with Gasteiger partial charge in [0.2, 0.25) is 0 Å². The molecule has 0 saturated heterocycles. The zero-order valence-electron chi connectivity index (χ0n) is 12.5. The Hall–Kier alpha value is -1.61. The Morgan fingerprint density at radius 2 is 1.76 bits per heavy atom. The standard InChI is InChI=1S/C18H18BrNO/c1-18(2,3)13-6-9-16-15(11-13)20-17(21-16)10-12-4-7-14(19)8-5-12/h4-9,11H,10H2,1-3H3. The molecule has 0 radical (unpaired) electrons. The molecule has 0 unspecified atom stereocenters. The summed E-state index contributed by atoms with van der Waals surface area (Å²) in [6, 6.07) is 14.5. The summed E-state index contributed by atoms with van der Waals surface area (Å²) in [5.74, 6) is 0.762. The topological polar surface area (TPSA) is 26.0 Å². The van der Waals surface area contributed by atoms with Crippen LogP contribution in [0.3, 0.4) is 0 Å². The van der Waals surface area contributed by atoms with Crippen molar-refractivity contribution in [1.82, 2.24) is 4.98 Å². The number of nitrogens with zero attached hydrogens (tertiary/aromatic N) is 1. The molecule has 0 aliphatic carbocycles. The molecule has 0 spiro atoms. The Labute approximate surface area is 133 Å². The lowest BCUT2D eigenvalue weighted by Crippen LogP contribution is -2.10. The molecule has 108 valence electrons. The van der Waals surface area contributed by atoms with E-state index in [-0.39, 0.29) is 5.41 Å². The number of aromatic nitrogens is 1. The summed E-state index contributed by atoms with van der Waals surface area (Å²) in [7, 11) is 0. The van der Waals surface area contributed by atoms with Crippen LogP contribution in [0.5, 0.6) is 0 Å². The van der Waals surface area contributed by atoms with Gasteiger partial charge in [-0.05, 0) is 40.8 Å². The van der Waals surface area contributed by atoms with Gasteiger partial charge in [-0.25, -0.2) is 4.98 Å². The number of fused-ring (bicyclic) bond motifs is 1. The van der Waals surface area contributed by atoms with Crippen LogP contribution in [0.2, 0.25) is 0 Å². The van der Waals surface area contributed by atoms with Crippen LogP contribution >= 0.6 is 15.9 Å². The molecule has 0 atom stereocenters. The van der Waals surface area contributed by atoms with Gasteiger partial charge in [-0.3, -0.25) is 0 Å². The van der Waals surface area contributed by atoms with E-state index in [1.807, 2.05) is 18.2 Å². The third kappa shape index (κ3) is 3.18. The van der Waals surface area contributed by atoms with Crippen LogP contribution in [-0.2, 0) is 11.8 Å². The van der Waals surface area contributed by atoms with Crippen molar-refractivity contribution < 1.29 is 4.42 Å². The lowest BCUT2D eigenvalue weighted by molar-refractivity contribution is 0.543. The second-order valence-corrected chi connectivity index (χ2v) is 7.26. The maximum Gasteiger partial charge on any atom is 0.199 e. The molecule has 1 heterocycles. The van der Waals surface area contributed by atoms with Crippen LogP contribution < -0.4 is 0 Å². The van der Waals surface area contributed by atoms with Crippen LogP contribution in [0, 0.1) is 0 Å². The van der Waals surface area contributed by atoms with Gasteiger partial charge in [-0.2, -0.15) is 0 Å². The van der Waals surface area contributed by atoms with E-state index < -0.39 is 0 Å². The zero-order chi connectivity index (χ0) is 15.0. The van der Waals surface area contributed by atoms with Crippen molar-refractivity contribution in [3.63, 3.8) is 0 Å². The molecule has 0 aliphatic heterocycles. The van der Waals surface area contributed by atoms with E-state index in [0.29, 0.717) is 6.42 Å². The Morgan fingerprint density at radius 3 is 2.43 bits per heavy atom. The van der Waals surface area contributed by atoms with Crippen molar-refractivity contribution in [3.8, 4) is 0 Å². The van der Waals surface area contributed by atoms with Gasteiger partial charge in [0.15, 0.2) is 11.5 Å². The maximum atomic E-state index is 5.85. The van der Waals surface area contributed by atoms with Gasteiger partial charge >= 0.3 is 0 Å². The number of halogens is 1.